The Morgan fingerprint density at radius 1 is 1.32 bits per heavy atom. The molecule has 6 nitrogen and oxygen atoms in total. The van der Waals surface area contributed by atoms with Gasteiger partial charge in [-0.05, 0) is 37.1 Å². The Morgan fingerprint density at radius 3 is 2.68 bits per heavy atom. The minimum absolute atomic E-state index is 0.138. The van der Waals surface area contributed by atoms with Crippen LogP contribution in [0.2, 0.25) is 0 Å². The lowest BCUT2D eigenvalue weighted by Crippen LogP contribution is -2.44. The number of piperidine rings is 1. The molecule has 3 rings (SSSR count). The Balaban J connectivity index is 1.53. The molecule has 25 heavy (non-hydrogen) atoms. The maximum atomic E-state index is 11.5. The van der Waals surface area contributed by atoms with Crippen molar-refractivity contribution in [1.82, 2.24) is 15.2 Å². The highest BCUT2D eigenvalue weighted by atomic mass is 16.5. The molecule has 2 aromatic rings. The number of rotatable bonds is 6. The lowest BCUT2D eigenvalue weighted by Gasteiger charge is -2.31. The minimum atomic E-state index is 0.138. The van der Waals surface area contributed by atoms with Gasteiger partial charge in [-0.1, -0.05) is 6.92 Å². The zero-order valence-corrected chi connectivity index (χ0v) is 14.8. The number of hydrogen-bond acceptors (Lipinski definition) is 5. The fourth-order valence-electron chi connectivity index (χ4n) is 3.04. The Hall–Kier alpha value is -2.34. The van der Waals surface area contributed by atoms with Gasteiger partial charge in [-0.2, -0.15) is 0 Å². The number of ether oxygens (including phenoxy) is 1. The fraction of sp³-hybridized carbons (Fsp3) is 0.474. The van der Waals surface area contributed by atoms with E-state index < -0.39 is 0 Å². The zero-order chi connectivity index (χ0) is 17.6. The molecule has 1 aromatic heterocycles. The van der Waals surface area contributed by atoms with E-state index in [0.29, 0.717) is 18.4 Å². The van der Waals surface area contributed by atoms with Crippen LogP contribution in [-0.2, 0) is 11.3 Å². The summed E-state index contributed by atoms with van der Waals surface area (Å²) in [5, 5.41) is 3.08. The number of methoxy groups -OCH3 is 1. The molecule has 0 bridgehead atoms. The van der Waals surface area contributed by atoms with E-state index in [1.54, 1.807) is 13.4 Å². The van der Waals surface area contributed by atoms with Crippen molar-refractivity contribution in [2.24, 2.45) is 0 Å². The van der Waals surface area contributed by atoms with Crippen molar-refractivity contribution < 1.29 is 13.9 Å². The van der Waals surface area contributed by atoms with Gasteiger partial charge >= 0.3 is 0 Å². The molecular formula is C19H25N3O3. The monoisotopic (exact) mass is 343 g/mol. The number of likely N-dealkylation sites (tertiary alicyclic amines) is 1. The number of benzene rings is 1. The third kappa shape index (κ3) is 4.60. The quantitative estimate of drug-likeness (QED) is 0.873. The summed E-state index contributed by atoms with van der Waals surface area (Å²) in [6.45, 7) is 4.57. The summed E-state index contributed by atoms with van der Waals surface area (Å²) in [5.41, 5.74) is 1.87. The van der Waals surface area contributed by atoms with Crippen LogP contribution in [0.3, 0.4) is 0 Å². The van der Waals surface area contributed by atoms with Crippen LogP contribution < -0.4 is 10.1 Å². The first-order valence-corrected chi connectivity index (χ1v) is 8.78. The molecule has 0 saturated carbocycles. The fourth-order valence-corrected chi connectivity index (χ4v) is 3.04. The standard InChI is InChI=1S/C19H25N3O3/c1-3-18(23)20-15-8-10-22(11-9-15)12-16-13-25-19(21-16)14-4-6-17(24-2)7-5-14/h4-7,13,15H,3,8-12H2,1-2H3,(H,20,23). The van der Waals surface area contributed by atoms with Crippen LogP contribution in [0.4, 0.5) is 0 Å². The van der Waals surface area contributed by atoms with Crippen molar-refractivity contribution in [2.75, 3.05) is 20.2 Å². The Morgan fingerprint density at radius 2 is 2.04 bits per heavy atom. The highest BCUT2D eigenvalue weighted by Gasteiger charge is 2.21. The van der Waals surface area contributed by atoms with E-state index in [-0.39, 0.29) is 5.91 Å². The van der Waals surface area contributed by atoms with E-state index in [2.05, 4.69) is 15.2 Å². The van der Waals surface area contributed by atoms with Crippen LogP contribution in [-0.4, -0.2) is 42.0 Å². The first-order valence-electron chi connectivity index (χ1n) is 8.78. The largest absolute Gasteiger partial charge is 0.497 e. The van der Waals surface area contributed by atoms with Gasteiger partial charge < -0.3 is 14.5 Å². The van der Waals surface area contributed by atoms with Crippen molar-refractivity contribution in [3.05, 3.63) is 36.2 Å². The number of carbonyl (C=O) groups is 1. The van der Waals surface area contributed by atoms with Crippen LogP contribution in [0.15, 0.2) is 34.9 Å². The number of carbonyl (C=O) groups excluding carboxylic acids is 1. The van der Waals surface area contributed by atoms with Gasteiger partial charge in [0.25, 0.3) is 0 Å². The van der Waals surface area contributed by atoms with Crippen molar-refractivity contribution in [3.63, 3.8) is 0 Å². The highest BCUT2D eigenvalue weighted by molar-refractivity contribution is 5.75. The average Bonchev–Trinajstić information content (AvgIpc) is 3.12. The van der Waals surface area contributed by atoms with Gasteiger partial charge in [0.2, 0.25) is 11.8 Å². The number of aromatic nitrogens is 1. The van der Waals surface area contributed by atoms with Crippen molar-refractivity contribution >= 4 is 5.91 Å². The molecule has 0 radical (unpaired) electrons. The normalized spacial score (nSPS) is 15.9. The number of amides is 1. The van der Waals surface area contributed by atoms with Crippen LogP contribution in [0.25, 0.3) is 11.5 Å². The van der Waals surface area contributed by atoms with Crippen molar-refractivity contribution in [2.45, 2.75) is 38.8 Å². The summed E-state index contributed by atoms with van der Waals surface area (Å²) in [6, 6.07) is 7.98. The second-order valence-corrected chi connectivity index (χ2v) is 6.34. The van der Waals surface area contributed by atoms with Crippen molar-refractivity contribution in [1.29, 1.82) is 0 Å². The molecule has 1 fully saturated rings. The smallest absolute Gasteiger partial charge is 0.226 e. The number of nitrogens with zero attached hydrogens (tertiary/aromatic N) is 2. The molecule has 1 amide bonds. The second kappa shape index (κ2) is 8.16. The van der Waals surface area contributed by atoms with Crippen molar-refractivity contribution in [3.8, 4) is 17.2 Å². The van der Waals surface area contributed by atoms with E-state index in [4.69, 9.17) is 9.15 Å². The summed E-state index contributed by atoms with van der Waals surface area (Å²) in [4.78, 5) is 18.4. The van der Waals surface area contributed by atoms with Crippen LogP contribution in [0, 0.1) is 0 Å². The van der Waals surface area contributed by atoms with E-state index >= 15 is 0 Å². The lowest BCUT2D eigenvalue weighted by molar-refractivity contribution is -0.121. The molecule has 0 atom stereocenters. The maximum absolute atomic E-state index is 11.5. The minimum Gasteiger partial charge on any atom is -0.497 e. The molecule has 1 aliphatic heterocycles. The molecule has 0 unspecified atom stereocenters. The van der Waals surface area contributed by atoms with Gasteiger partial charge in [-0.25, -0.2) is 4.98 Å². The van der Waals surface area contributed by atoms with Crippen LogP contribution >= 0.6 is 0 Å². The molecule has 0 spiro atoms. The average molecular weight is 343 g/mol. The van der Waals surface area contributed by atoms with Gasteiger partial charge in [0.05, 0.1) is 12.8 Å². The molecule has 6 heteroatoms. The topological polar surface area (TPSA) is 67.6 Å². The second-order valence-electron chi connectivity index (χ2n) is 6.34. The molecule has 2 heterocycles. The predicted octanol–water partition coefficient (Wildman–Crippen LogP) is 2.84. The Kier molecular flexibility index (Phi) is 5.71. The third-order valence-electron chi connectivity index (χ3n) is 4.55. The molecular weight excluding hydrogens is 318 g/mol. The summed E-state index contributed by atoms with van der Waals surface area (Å²) < 4.78 is 10.8. The van der Waals surface area contributed by atoms with Gasteiger partial charge in [0.15, 0.2) is 0 Å². The van der Waals surface area contributed by atoms with E-state index in [9.17, 15) is 4.79 Å². The van der Waals surface area contributed by atoms with E-state index in [1.165, 1.54) is 0 Å². The SMILES string of the molecule is CCC(=O)NC1CCN(Cc2coc(-c3ccc(OC)cc3)n2)CC1. The number of hydrogen-bond donors (Lipinski definition) is 1. The predicted molar refractivity (Wildman–Crippen MR) is 95.2 cm³/mol. The third-order valence-corrected chi connectivity index (χ3v) is 4.55. The highest BCUT2D eigenvalue weighted by Crippen LogP contribution is 2.22. The summed E-state index contributed by atoms with van der Waals surface area (Å²) in [6.07, 6.45) is 4.24. The summed E-state index contributed by atoms with van der Waals surface area (Å²) in [7, 11) is 1.65. The van der Waals surface area contributed by atoms with Gasteiger partial charge in [-0.3, -0.25) is 9.69 Å². The molecule has 1 saturated heterocycles. The Labute approximate surface area is 148 Å². The first kappa shape index (κ1) is 17.5. The van der Waals surface area contributed by atoms with Gasteiger partial charge in [0.1, 0.15) is 12.0 Å². The number of oxazole rings is 1. The van der Waals surface area contributed by atoms with E-state index in [0.717, 1.165) is 49.5 Å². The molecule has 1 aromatic carbocycles. The van der Waals surface area contributed by atoms with Crippen LogP contribution in [0.5, 0.6) is 5.75 Å². The number of nitrogens with one attached hydrogen (secondary N) is 1. The van der Waals surface area contributed by atoms with Gasteiger partial charge in [-0.15, -0.1) is 0 Å². The molecule has 0 aliphatic carbocycles. The molecule has 134 valence electrons. The maximum Gasteiger partial charge on any atom is 0.226 e. The van der Waals surface area contributed by atoms with Gasteiger partial charge in [0, 0.05) is 37.7 Å². The molecule has 1 N–H and O–H groups in total. The lowest BCUT2D eigenvalue weighted by atomic mass is 10.0. The van der Waals surface area contributed by atoms with E-state index in [1.807, 2.05) is 31.2 Å². The molecule has 1 aliphatic rings. The summed E-state index contributed by atoms with van der Waals surface area (Å²) >= 11 is 0. The zero-order valence-electron chi connectivity index (χ0n) is 14.8. The Bertz CT molecular complexity index is 688. The first-order chi connectivity index (χ1) is 12.2. The summed E-state index contributed by atoms with van der Waals surface area (Å²) in [5.74, 6) is 1.58. The van der Waals surface area contributed by atoms with Crippen LogP contribution in [0.1, 0.15) is 31.9 Å².